The van der Waals surface area contributed by atoms with Crippen molar-refractivity contribution in [1.29, 1.82) is 0 Å². The van der Waals surface area contributed by atoms with E-state index in [1.54, 1.807) is 36.4 Å². The fraction of sp³-hybridized carbons (Fsp3) is 0.0870. The molecule has 0 amide bonds. The monoisotopic (exact) mass is 422 g/mol. The highest BCUT2D eigenvalue weighted by molar-refractivity contribution is 6.46. The number of carbonyl (C=O) groups excluding carboxylic acids is 2. The van der Waals surface area contributed by atoms with Gasteiger partial charge in [0, 0.05) is 17.0 Å². The average Bonchev–Trinajstić information content (AvgIpc) is 2.76. The zero-order chi connectivity index (χ0) is 21.5. The van der Waals surface area contributed by atoms with E-state index in [1.807, 2.05) is 30.3 Å². The quantitative estimate of drug-likeness (QED) is 0.204. The molecule has 0 fully saturated rings. The Labute approximate surface area is 178 Å². The summed E-state index contributed by atoms with van der Waals surface area (Å²) in [5, 5.41) is 4.18. The molecule has 7 heteroatoms. The highest BCUT2D eigenvalue weighted by atomic mass is 35.5. The van der Waals surface area contributed by atoms with Crippen molar-refractivity contribution >= 4 is 29.1 Å². The number of benzene rings is 3. The molecule has 0 spiro atoms. The van der Waals surface area contributed by atoms with Gasteiger partial charge in [0.2, 0.25) is 0 Å². The summed E-state index contributed by atoms with van der Waals surface area (Å²) in [5.41, 5.74) is 1.76. The van der Waals surface area contributed by atoms with Crippen molar-refractivity contribution in [3.05, 3.63) is 94.5 Å². The van der Waals surface area contributed by atoms with Gasteiger partial charge in [0.05, 0.1) is 12.7 Å². The van der Waals surface area contributed by atoms with Crippen molar-refractivity contribution < 1.29 is 19.1 Å². The van der Waals surface area contributed by atoms with Crippen LogP contribution in [-0.2, 0) is 11.2 Å². The third kappa shape index (κ3) is 5.04. The molecule has 0 heterocycles. The Hall–Kier alpha value is -3.64. The SMILES string of the molecule is COc1cc(/C(=N\N)C(=O)Cc2ccccc2)ccc1OC(=O)c1ccc(Cl)cc1. The van der Waals surface area contributed by atoms with Crippen molar-refractivity contribution in [3.63, 3.8) is 0 Å². The van der Waals surface area contributed by atoms with Crippen LogP contribution in [0.4, 0.5) is 0 Å². The summed E-state index contributed by atoms with van der Waals surface area (Å²) >= 11 is 5.84. The average molecular weight is 423 g/mol. The van der Waals surface area contributed by atoms with Crippen LogP contribution in [0.25, 0.3) is 0 Å². The van der Waals surface area contributed by atoms with Crippen LogP contribution in [0.15, 0.2) is 77.9 Å². The first-order valence-electron chi connectivity index (χ1n) is 9.03. The van der Waals surface area contributed by atoms with Gasteiger partial charge in [-0.1, -0.05) is 41.9 Å². The number of hydrazone groups is 1. The highest BCUT2D eigenvalue weighted by Crippen LogP contribution is 2.29. The molecule has 0 atom stereocenters. The minimum atomic E-state index is -0.564. The van der Waals surface area contributed by atoms with Crippen LogP contribution in [0.2, 0.25) is 5.02 Å². The van der Waals surface area contributed by atoms with Crippen molar-refractivity contribution in [3.8, 4) is 11.5 Å². The van der Waals surface area contributed by atoms with Crippen molar-refractivity contribution in [2.24, 2.45) is 10.9 Å². The summed E-state index contributed by atoms with van der Waals surface area (Å²) in [6, 6.07) is 20.3. The first-order chi connectivity index (χ1) is 14.5. The first-order valence-corrected chi connectivity index (χ1v) is 9.40. The number of rotatable bonds is 7. The highest BCUT2D eigenvalue weighted by Gasteiger charge is 2.19. The van der Waals surface area contributed by atoms with Crippen LogP contribution < -0.4 is 15.3 Å². The van der Waals surface area contributed by atoms with E-state index in [0.717, 1.165) is 5.56 Å². The molecule has 6 nitrogen and oxygen atoms in total. The van der Waals surface area contributed by atoms with E-state index in [2.05, 4.69) is 5.10 Å². The van der Waals surface area contributed by atoms with E-state index in [4.69, 9.17) is 26.9 Å². The van der Waals surface area contributed by atoms with Gasteiger partial charge >= 0.3 is 5.97 Å². The maximum atomic E-state index is 12.7. The molecule has 0 aliphatic rings. The molecule has 0 radical (unpaired) electrons. The lowest BCUT2D eigenvalue weighted by atomic mass is 10.0. The van der Waals surface area contributed by atoms with Crippen molar-refractivity contribution in [2.75, 3.05) is 7.11 Å². The Balaban J connectivity index is 1.80. The number of nitrogens with two attached hydrogens (primary N) is 1. The molecule has 0 aliphatic heterocycles. The second-order valence-electron chi connectivity index (χ2n) is 6.33. The predicted molar refractivity (Wildman–Crippen MR) is 115 cm³/mol. The summed E-state index contributed by atoms with van der Waals surface area (Å²) < 4.78 is 10.8. The van der Waals surface area contributed by atoms with Gasteiger partial charge in [0.15, 0.2) is 17.3 Å². The van der Waals surface area contributed by atoms with Crippen LogP contribution in [0.5, 0.6) is 11.5 Å². The molecule has 0 aliphatic carbocycles. The molecule has 2 N–H and O–H groups in total. The van der Waals surface area contributed by atoms with Gasteiger partial charge in [-0.3, -0.25) is 4.79 Å². The predicted octanol–water partition coefficient (Wildman–Crippen LogP) is 4.04. The fourth-order valence-corrected chi connectivity index (χ4v) is 2.94. The van der Waals surface area contributed by atoms with Crippen LogP contribution in [0.3, 0.4) is 0 Å². The summed E-state index contributed by atoms with van der Waals surface area (Å²) in [4.78, 5) is 25.0. The van der Waals surface area contributed by atoms with Gasteiger partial charge < -0.3 is 15.3 Å². The number of Topliss-reactive ketones (excluding diaryl/α,β-unsaturated/α-hetero) is 1. The maximum absolute atomic E-state index is 12.7. The first kappa shape index (κ1) is 21.1. The number of esters is 1. The Bertz CT molecular complexity index is 1080. The Morgan fingerprint density at radius 1 is 0.933 bits per heavy atom. The molecular weight excluding hydrogens is 404 g/mol. The molecule has 3 aromatic carbocycles. The Kier molecular flexibility index (Phi) is 6.83. The lowest BCUT2D eigenvalue weighted by molar-refractivity contribution is -0.112. The van der Waals surface area contributed by atoms with Crippen LogP contribution >= 0.6 is 11.6 Å². The lowest BCUT2D eigenvalue weighted by Gasteiger charge is -2.12. The van der Waals surface area contributed by atoms with Crippen LogP contribution in [0.1, 0.15) is 21.5 Å². The molecule has 0 bridgehead atoms. The molecular formula is C23H19ClN2O4. The Morgan fingerprint density at radius 3 is 2.23 bits per heavy atom. The van der Waals surface area contributed by atoms with Crippen LogP contribution in [0, 0.1) is 0 Å². The maximum Gasteiger partial charge on any atom is 0.343 e. The zero-order valence-corrected chi connectivity index (χ0v) is 16.9. The number of ether oxygens (including phenoxy) is 2. The minimum absolute atomic E-state index is 0.104. The van der Waals surface area contributed by atoms with E-state index in [-0.39, 0.29) is 29.4 Å². The topological polar surface area (TPSA) is 91.0 Å². The molecule has 0 unspecified atom stereocenters. The number of halogens is 1. The van der Waals surface area contributed by atoms with Gasteiger partial charge in [-0.2, -0.15) is 5.10 Å². The van der Waals surface area contributed by atoms with Crippen molar-refractivity contribution in [2.45, 2.75) is 6.42 Å². The molecule has 3 rings (SSSR count). The Morgan fingerprint density at radius 2 is 1.60 bits per heavy atom. The van der Waals surface area contributed by atoms with E-state index < -0.39 is 5.97 Å². The third-order valence-electron chi connectivity index (χ3n) is 4.32. The van der Waals surface area contributed by atoms with Gasteiger partial charge in [-0.25, -0.2) is 4.79 Å². The largest absolute Gasteiger partial charge is 0.493 e. The van der Waals surface area contributed by atoms with E-state index in [9.17, 15) is 9.59 Å². The third-order valence-corrected chi connectivity index (χ3v) is 4.57. The fourth-order valence-electron chi connectivity index (χ4n) is 2.82. The summed E-state index contributed by atoms with van der Waals surface area (Å²) in [6.45, 7) is 0. The second kappa shape index (κ2) is 9.71. The smallest absolute Gasteiger partial charge is 0.343 e. The number of carbonyl (C=O) groups is 2. The molecule has 3 aromatic rings. The second-order valence-corrected chi connectivity index (χ2v) is 6.76. The number of methoxy groups -OCH3 is 1. The standard InChI is InChI=1S/C23H19ClN2O4/c1-29-21-14-17(22(26-25)19(27)13-15-5-3-2-4-6-15)9-12-20(21)30-23(28)16-7-10-18(24)11-8-16/h2-12,14H,13,25H2,1H3/b26-22+. The van der Waals surface area contributed by atoms with E-state index >= 15 is 0 Å². The molecule has 152 valence electrons. The summed E-state index contributed by atoms with van der Waals surface area (Å²) in [7, 11) is 1.43. The number of nitrogens with zero attached hydrogens (tertiary/aromatic N) is 1. The summed E-state index contributed by atoms with van der Waals surface area (Å²) in [5.74, 6) is 5.15. The number of hydrogen-bond acceptors (Lipinski definition) is 6. The number of ketones is 1. The number of hydrogen-bond donors (Lipinski definition) is 1. The van der Waals surface area contributed by atoms with Crippen molar-refractivity contribution in [1.82, 2.24) is 0 Å². The van der Waals surface area contributed by atoms with Gasteiger partial charge in [0.25, 0.3) is 0 Å². The zero-order valence-electron chi connectivity index (χ0n) is 16.2. The summed E-state index contributed by atoms with van der Waals surface area (Å²) in [6.07, 6.45) is 0.159. The van der Waals surface area contributed by atoms with Gasteiger partial charge in [0.1, 0.15) is 5.71 Å². The van der Waals surface area contributed by atoms with Gasteiger partial charge in [-0.15, -0.1) is 0 Å². The molecule has 0 saturated carbocycles. The van der Waals surface area contributed by atoms with Gasteiger partial charge in [-0.05, 0) is 48.0 Å². The normalized spacial score (nSPS) is 11.1. The molecule has 30 heavy (non-hydrogen) atoms. The van der Waals surface area contributed by atoms with E-state index in [0.29, 0.717) is 16.1 Å². The van der Waals surface area contributed by atoms with E-state index in [1.165, 1.54) is 13.2 Å². The van der Waals surface area contributed by atoms with Crippen LogP contribution in [-0.4, -0.2) is 24.6 Å². The lowest BCUT2D eigenvalue weighted by Crippen LogP contribution is -2.20. The molecule has 0 aromatic heterocycles. The molecule has 0 saturated heterocycles. The minimum Gasteiger partial charge on any atom is -0.493 e.